The van der Waals surface area contributed by atoms with Crippen molar-refractivity contribution in [1.82, 2.24) is 35.3 Å². The molecule has 8 heteroatoms. The highest BCUT2D eigenvalue weighted by Gasteiger charge is 2.22. The van der Waals surface area contributed by atoms with Crippen LogP contribution in [-0.4, -0.2) is 55.8 Å². The van der Waals surface area contributed by atoms with Gasteiger partial charge in [0, 0.05) is 45.0 Å². The standard InChI is InChI=1S/C23H36N8/c1-18-28-29-22(30(18)2)16-25-23(26-19-8-4-3-5-9-19)27-20-11-14-31(15-12-20)17-21-10-6-7-13-24-21/h6-7,10,13,19-20H,3-5,8-9,11-12,14-17H2,1-2H3,(H2,25,26,27). The Balaban J connectivity index is 1.34. The molecular formula is C23H36N8. The smallest absolute Gasteiger partial charge is 0.192 e. The maximum atomic E-state index is 4.89. The van der Waals surface area contributed by atoms with Gasteiger partial charge in [0.15, 0.2) is 11.8 Å². The highest BCUT2D eigenvalue weighted by Crippen LogP contribution is 2.18. The van der Waals surface area contributed by atoms with Gasteiger partial charge in [-0.3, -0.25) is 9.88 Å². The predicted octanol–water partition coefficient (Wildman–Crippen LogP) is 2.55. The van der Waals surface area contributed by atoms with Gasteiger partial charge in [-0.05, 0) is 44.7 Å². The zero-order valence-electron chi connectivity index (χ0n) is 18.9. The molecule has 31 heavy (non-hydrogen) atoms. The summed E-state index contributed by atoms with van der Waals surface area (Å²) >= 11 is 0. The molecule has 4 rings (SSSR count). The molecule has 0 spiro atoms. The number of nitrogens with one attached hydrogen (secondary N) is 2. The van der Waals surface area contributed by atoms with E-state index in [1.54, 1.807) is 0 Å². The summed E-state index contributed by atoms with van der Waals surface area (Å²) in [5.41, 5.74) is 1.15. The third kappa shape index (κ3) is 6.26. The van der Waals surface area contributed by atoms with Crippen LogP contribution < -0.4 is 10.6 Å². The normalized spacial score (nSPS) is 19.5. The van der Waals surface area contributed by atoms with Gasteiger partial charge in [-0.15, -0.1) is 10.2 Å². The van der Waals surface area contributed by atoms with Crippen molar-refractivity contribution in [2.24, 2.45) is 12.0 Å². The summed E-state index contributed by atoms with van der Waals surface area (Å²) in [7, 11) is 2.00. The fourth-order valence-corrected chi connectivity index (χ4v) is 4.46. The summed E-state index contributed by atoms with van der Waals surface area (Å²) in [6.45, 7) is 5.59. The lowest BCUT2D eigenvalue weighted by Crippen LogP contribution is -2.51. The number of aryl methyl sites for hydroxylation is 1. The first kappa shape index (κ1) is 21.7. The predicted molar refractivity (Wildman–Crippen MR) is 123 cm³/mol. The molecule has 2 N–H and O–H groups in total. The van der Waals surface area contributed by atoms with Crippen molar-refractivity contribution in [3.63, 3.8) is 0 Å². The summed E-state index contributed by atoms with van der Waals surface area (Å²) in [6.07, 6.45) is 10.5. The van der Waals surface area contributed by atoms with E-state index in [0.29, 0.717) is 18.6 Å². The second-order valence-corrected chi connectivity index (χ2v) is 8.88. The first-order chi connectivity index (χ1) is 15.2. The molecule has 3 heterocycles. The van der Waals surface area contributed by atoms with Gasteiger partial charge >= 0.3 is 0 Å². The highest BCUT2D eigenvalue weighted by atomic mass is 15.3. The Morgan fingerprint density at radius 2 is 1.77 bits per heavy atom. The average molecular weight is 425 g/mol. The number of rotatable bonds is 6. The van der Waals surface area contributed by atoms with Gasteiger partial charge in [-0.25, -0.2) is 4.99 Å². The number of aliphatic imine (C=N–C) groups is 1. The van der Waals surface area contributed by atoms with Crippen molar-refractivity contribution in [3.8, 4) is 0 Å². The van der Waals surface area contributed by atoms with Crippen LogP contribution in [-0.2, 0) is 20.1 Å². The molecule has 2 aliphatic rings. The van der Waals surface area contributed by atoms with E-state index in [2.05, 4.69) is 42.8 Å². The molecule has 0 radical (unpaired) electrons. The maximum absolute atomic E-state index is 4.89. The van der Waals surface area contributed by atoms with Crippen LogP contribution in [0.1, 0.15) is 62.3 Å². The largest absolute Gasteiger partial charge is 0.354 e. The minimum absolute atomic E-state index is 0.441. The number of piperidine rings is 1. The molecule has 2 aromatic heterocycles. The molecular weight excluding hydrogens is 388 g/mol. The third-order valence-corrected chi connectivity index (χ3v) is 6.55. The van der Waals surface area contributed by atoms with Gasteiger partial charge in [-0.2, -0.15) is 0 Å². The Morgan fingerprint density at radius 3 is 2.42 bits per heavy atom. The SMILES string of the molecule is Cc1nnc(CN=C(NC2CCCCC2)NC2CCN(Cc3ccccn3)CC2)n1C. The summed E-state index contributed by atoms with van der Waals surface area (Å²) < 4.78 is 2.01. The first-order valence-electron chi connectivity index (χ1n) is 11.7. The second-order valence-electron chi connectivity index (χ2n) is 8.88. The molecule has 2 fully saturated rings. The molecule has 0 atom stereocenters. The van der Waals surface area contributed by atoms with Gasteiger partial charge in [0.05, 0.1) is 5.69 Å². The van der Waals surface area contributed by atoms with E-state index in [-0.39, 0.29) is 0 Å². The van der Waals surface area contributed by atoms with E-state index in [4.69, 9.17) is 4.99 Å². The number of hydrogen-bond donors (Lipinski definition) is 2. The lowest BCUT2D eigenvalue weighted by molar-refractivity contribution is 0.196. The zero-order chi connectivity index (χ0) is 21.5. The Morgan fingerprint density at radius 1 is 1.03 bits per heavy atom. The molecule has 168 valence electrons. The van der Waals surface area contributed by atoms with E-state index in [1.165, 1.54) is 32.1 Å². The van der Waals surface area contributed by atoms with Crippen molar-refractivity contribution >= 4 is 5.96 Å². The molecule has 8 nitrogen and oxygen atoms in total. The zero-order valence-corrected chi connectivity index (χ0v) is 18.9. The quantitative estimate of drug-likeness (QED) is 0.548. The molecule has 1 saturated heterocycles. The van der Waals surface area contributed by atoms with Crippen LogP contribution in [0.4, 0.5) is 0 Å². The van der Waals surface area contributed by atoms with Crippen molar-refractivity contribution in [3.05, 3.63) is 41.7 Å². The van der Waals surface area contributed by atoms with Crippen LogP contribution in [0.2, 0.25) is 0 Å². The second kappa shape index (κ2) is 10.7. The van der Waals surface area contributed by atoms with Crippen LogP contribution in [0.5, 0.6) is 0 Å². The van der Waals surface area contributed by atoms with Crippen LogP contribution in [0, 0.1) is 6.92 Å². The van der Waals surface area contributed by atoms with E-state index < -0.39 is 0 Å². The lowest BCUT2D eigenvalue weighted by atomic mass is 9.95. The molecule has 0 unspecified atom stereocenters. The topological polar surface area (TPSA) is 83.3 Å². The lowest BCUT2D eigenvalue weighted by Gasteiger charge is -2.34. The molecule has 0 bridgehead atoms. The van der Waals surface area contributed by atoms with Gasteiger partial charge in [0.25, 0.3) is 0 Å². The Hall–Kier alpha value is -2.48. The van der Waals surface area contributed by atoms with E-state index >= 15 is 0 Å². The van der Waals surface area contributed by atoms with E-state index in [1.807, 2.05) is 30.8 Å². The summed E-state index contributed by atoms with van der Waals surface area (Å²) in [6, 6.07) is 7.11. The van der Waals surface area contributed by atoms with Crippen LogP contribution in [0.25, 0.3) is 0 Å². The van der Waals surface area contributed by atoms with Crippen LogP contribution in [0.3, 0.4) is 0 Å². The number of guanidine groups is 1. The van der Waals surface area contributed by atoms with Gasteiger partial charge in [0.1, 0.15) is 12.4 Å². The van der Waals surface area contributed by atoms with Gasteiger partial charge in [-0.1, -0.05) is 25.3 Å². The van der Waals surface area contributed by atoms with Crippen molar-refractivity contribution in [2.75, 3.05) is 13.1 Å². The van der Waals surface area contributed by atoms with Crippen molar-refractivity contribution in [1.29, 1.82) is 0 Å². The van der Waals surface area contributed by atoms with Crippen LogP contribution in [0.15, 0.2) is 29.4 Å². The van der Waals surface area contributed by atoms with Gasteiger partial charge < -0.3 is 15.2 Å². The monoisotopic (exact) mass is 424 g/mol. The third-order valence-electron chi connectivity index (χ3n) is 6.55. The Bertz CT molecular complexity index is 833. The number of nitrogens with zero attached hydrogens (tertiary/aromatic N) is 6. The minimum atomic E-state index is 0.441. The number of hydrogen-bond acceptors (Lipinski definition) is 5. The number of pyridine rings is 1. The van der Waals surface area contributed by atoms with Crippen LogP contribution >= 0.6 is 0 Å². The van der Waals surface area contributed by atoms with Gasteiger partial charge in [0.2, 0.25) is 0 Å². The number of likely N-dealkylation sites (tertiary alicyclic amines) is 1. The molecule has 0 aromatic carbocycles. The molecule has 1 saturated carbocycles. The molecule has 1 aliphatic heterocycles. The number of aromatic nitrogens is 4. The first-order valence-corrected chi connectivity index (χ1v) is 11.7. The average Bonchev–Trinajstić information content (AvgIpc) is 3.12. The van der Waals surface area contributed by atoms with E-state index in [9.17, 15) is 0 Å². The summed E-state index contributed by atoms with van der Waals surface area (Å²) in [5.74, 6) is 2.74. The van der Waals surface area contributed by atoms with Crippen molar-refractivity contribution in [2.45, 2.75) is 77.0 Å². The molecule has 0 amide bonds. The Kier molecular flexibility index (Phi) is 7.51. The maximum Gasteiger partial charge on any atom is 0.192 e. The minimum Gasteiger partial charge on any atom is -0.354 e. The molecule has 2 aromatic rings. The van der Waals surface area contributed by atoms with Crippen molar-refractivity contribution < 1.29 is 0 Å². The summed E-state index contributed by atoms with van der Waals surface area (Å²) in [4.78, 5) is 11.9. The fourth-order valence-electron chi connectivity index (χ4n) is 4.46. The highest BCUT2D eigenvalue weighted by molar-refractivity contribution is 5.80. The fraction of sp³-hybridized carbons (Fsp3) is 0.652. The molecule has 1 aliphatic carbocycles. The van der Waals surface area contributed by atoms with E-state index in [0.717, 1.165) is 55.8 Å². The summed E-state index contributed by atoms with van der Waals surface area (Å²) in [5, 5.41) is 15.9. The Labute approximate surface area is 185 Å².